The number of aromatic nitrogens is 2. The van der Waals surface area contributed by atoms with Crippen LogP contribution < -0.4 is 10.6 Å². The Labute approximate surface area is 395 Å². The fraction of sp³-hybridized carbons (Fsp3) is 0.440. The monoisotopic (exact) mass is 990 g/mol. The van der Waals surface area contributed by atoms with Crippen molar-refractivity contribution in [1.29, 1.82) is 0 Å². The van der Waals surface area contributed by atoms with Gasteiger partial charge in [0.2, 0.25) is 0 Å². The van der Waals surface area contributed by atoms with Crippen molar-refractivity contribution in [2.45, 2.75) is 74.9 Å². The van der Waals surface area contributed by atoms with Gasteiger partial charge in [-0.1, -0.05) is 24.3 Å². The van der Waals surface area contributed by atoms with Gasteiger partial charge >= 0.3 is 0 Å². The van der Waals surface area contributed by atoms with Gasteiger partial charge in [0.05, 0.1) is 48.4 Å². The number of aliphatic hydroxyl groups excluding tert-OH is 4. The normalized spacial score (nSPS) is 22.3. The van der Waals surface area contributed by atoms with Gasteiger partial charge in [-0.2, -0.15) is 0 Å². The zero-order valence-corrected chi connectivity index (χ0v) is 37.9. The molecule has 2 saturated heterocycles. The van der Waals surface area contributed by atoms with Crippen molar-refractivity contribution in [1.82, 2.24) is 30.4 Å². The van der Waals surface area contributed by atoms with Crippen LogP contribution in [-0.4, -0.2) is 117 Å². The fourth-order valence-electron chi connectivity index (χ4n) is 10.5. The van der Waals surface area contributed by atoms with Gasteiger partial charge in [0.25, 0.3) is 11.8 Å². The molecule has 6 aromatic rings. The summed E-state index contributed by atoms with van der Waals surface area (Å²) in [7, 11) is 0. The first-order valence-electron chi connectivity index (χ1n) is 23.0. The SMILES string of the molecule is C[C@@H]1Cc2c([nH]c3c(F)cccc23)[C@@H](c2c(F)cc(C(O)C3CNC3)cc2F)N1CC(F)(F)CO.C[C@H]1Cc2c([nH]c3c(F)cccc23)[C@H](c2c(F)cc(C(O)C3CNC3)cc2F)N1CC(F)(F)CO. The summed E-state index contributed by atoms with van der Waals surface area (Å²) >= 11 is 0. The lowest BCUT2D eigenvalue weighted by Gasteiger charge is -2.42. The van der Waals surface area contributed by atoms with Crippen molar-refractivity contribution in [2.75, 3.05) is 52.5 Å². The van der Waals surface area contributed by atoms with Crippen LogP contribution in [0.2, 0.25) is 0 Å². The summed E-state index contributed by atoms with van der Waals surface area (Å²) in [4.78, 5) is 8.27. The Morgan fingerprint density at radius 1 is 0.557 bits per heavy atom. The van der Waals surface area contributed by atoms with Crippen LogP contribution in [-0.2, 0) is 12.8 Å². The minimum Gasteiger partial charge on any atom is -0.390 e. The first kappa shape index (κ1) is 49.9. The van der Waals surface area contributed by atoms with Gasteiger partial charge in [0.1, 0.15) is 48.1 Å². The van der Waals surface area contributed by atoms with Crippen LogP contribution in [0.4, 0.5) is 43.9 Å². The van der Waals surface area contributed by atoms with Crippen LogP contribution >= 0.6 is 0 Å². The summed E-state index contributed by atoms with van der Waals surface area (Å²) in [5.41, 5.74) is 1.11. The summed E-state index contributed by atoms with van der Waals surface area (Å²) in [6, 6.07) is 9.16. The van der Waals surface area contributed by atoms with Crippen LogP contribution in [0.15, 0.2) is 60.7 Å². The number of H-pyrrole nitrogens is 2. The fourth-order valence-corrected chi connectivity index (χ4v) is 10.5. The number of aromatic amines is 2. The van der Waals surface area contributed by atoms with Gasteiger partial charge in [-0.25, -0.2) is 43.9 Å². The Kier molecular flexibility index (Phi) is 13.7. The van der Waals surface area contributed by atoms with Crippen molar-refractivity contribution in [2.24, 2.45) is 11.8 Å². The summed E-state index contributed by atoms with van der Waals surface area (Å²) in [6.07, 6.45) is -1.67. The summed E-state index contributed by atoms with van der Waals surface area (Å²) < 4.78 is 149. The van der Waals surface area contributed by atoms with Gasteiger partial charge in [-0.3, -0.25) is 9.80 Å². The number of rotatable bonds is 12. The molecule has 4 aliphatic rings. The number of fused-ring (bicyclic) bond motifs is 6. The molecule has 376 valence electrons. The molecular formula is C50H52F10N6O4. The predicted molar refractivity (Wildman–Crippen MR) is 239 cm³/mol. The summed E-state index contributed by atoms with van der Waals surface area (Å²) in [5.74, 6) is -12.5. The molecule has 10 nitrogen and oxygen atoms in total. The van der Waals surface area contributed by atoms with Gasteiger partial charge in [-0.15, -0.1) is 0 Å². The molecule has 8 N–H and O–H groups in total. The number of nitrogens with zero attached hydrogens (tertiary/aromatic N) is 2. The second kappa shape index (κ2) is 19.2. The molecule has 0 saturated carbocycles. The summed E-state index contributed by atoms with van der Waals surface area (Å²) in [5, 5.41) is 46.4. The molecule has 10 rings (SSSR count). The van der Waals surface area contributed by atoms with E-state index in [1.165, 1.54) is 34.1 Å². The van der Waals surface area contributed by atoms with Crippen molar-refractivity contribution in [3.8, 4) is 0 Å². The maximum absolute atomic E-state index is 15.6. The summed E-state index contributed by atoms with van der Waals surface area (Å²) in [6.45, 7) is 0.595. The molecule has 6 atom stereocenters. The number of nitrogens with one attached hydrogen (secondary N) is 4. The third kappa shape index (κ3) is 9.10. The van der Waals surface area contributed by atoms with Gasteiger partial charge in [0.15, 0.2) is 0 Å². The van der Waals surface area contributed by atoms with Gasteiger partial charge in [0, 0.05) is 83.4 Å². The molecule has 0 radical (unpaired) electrons. The molecule has 4 aliphatic heterocycles. The van der Waals surface area contributed by atoms with E-state index in [0.717, 1.165) is 24.3 Å². The average Bonchev–Trinajstić information content (AvgIpc) is 3.83. The molecule has 0 spiro atoms. The number of para-hydroxylation sites is 2. The highest BCUT2D eigenvalue weighted by molar-refractivity contribution is 5.87. The number of benzene rings is 4. The van der Waals surface area contributed by atoms with E-state index in [1.54, 1.807) is 26.0 Å². The van der Waals surface area contributed by atoms with Crippen LogP contribution in [0, 0.1) is 46.7 Å². The molecule has 0 bridgehead atoms. The van der Waals surface area contributed by atoms with Crippen LogP contribution in [0.25, 0.3) is 21.8 Å². The minimum absolute atomic E-state index is 0.0641. The molecule has 20 heteroatoms. The van der Waals surface area contributed by atoms with E-state index in [9.17, 15) is 46.8 Å². The quantitative estimate of drug-likeness (QED) is 0.0587. The highest BCUT2D eigenvalue weighted by Crippen LogP contribution is 2.46. The van der Waals surface area contributed by atoms with E-state index in [-0.39, 0.29) is 58.2 Å². The molecule has 2 unspecified atom stereocenters. The van der Waals surface area contributed by atoms with Gasteiger partial charge < -0.3 is 41.0 Å². The molecular weight excluding hydrogens is 939 g/mol. The molecule has 4 aromatic carbocycles. The Morgan fingerprint density at radius 2 is 0.900 bits per heavy atom. The van der Waals surface area contributed by atoms with Crippen molar-refractivity contribution >= 4 is 21.8 Å². The number of hydrogen-bond acceptors (Lipinski definition) is 8. The van der Waals surface area contributed by atoms with Crippen molar-refractivity contribution in [3.63, 3.8) is 0 Å². The lowest BCUT2D eigenvalue weighted by atomic mass is 9.86. The molecule has 0 aliphatic carbocycles. The third-order valence-electron chi connectivity index (χ3n) is 14.4. The second-order valence-corrected chi connectivity index (χ2v) is 19.2. The van der Waals surface area contributed by atoms with Crippen LogP contribution in [0.1, 0.15) is 82.9 Å². The van der Waals surface area contributed by atoms with E-state index in [2.05, 4.69) is 20.6 Å². The molecule has 2 aromatic heterocycles. The van der Waals surface area contributed by atoms with Crippen molar-refractivity contribution < 1.29 is 64.3 Å². The Balaban J connectivity index is 0.000000174. The van der Waals surface area contributed by atoms with E-state index in [0.29, 0.717) is 48.1 Å². The molecule has 70 heavy (non-hydrogen) atoms. The zero-order valence-electron chi connectivity index (χ0n) is 37.9. The first-order valence-corrected chi connectivity index (χ1v) is 23.0. The number of halogens is 10. The Bertz CT molecular complexity index is 2670. The van der Waals surface area contributed by atoms with Crippen LogP contribution in [0.5, 0.6) is 0 Å². The van der Waals surface area contributed by atoms with E-state index in [1.807, 2.05) is 0 Å². The maximum Gasteiger partial charge on any atom is 0.283 e. The second-order valence-electron chi connectivity index (χ2n) is 19.2. The third-order valence-corrected chi connectivity index (χ3v) is 14.4. The van der Waals surface area contributed by atoms with Gasteiger partial charge in [-0.05, 0) is 85.3 Å². The average molecular weight is 991 g/mol. The van der Waals surface area contributed by atoms with Crippen molar-refractivity contribution in [3.05, 3.63) is 140 Å². The number of aliphatic hydroxyl groups is 4. The molecule has 0 amide bonds. The lowest BCUT2D eigenvalue weighted by molar-refractivity contribution is -0.0870. The topological polar surface area (TPSA) is 143 Å². The standard InChI is InChI=1S/2C25H26F5N3O2/c2*1-12-5-16-15-3-2-4-17(26)21(15)32-22(16)23(33(12)10-25(29,30)11-34)20-18(27)6-13(7-19(20)28)24(35)14-8-31-9-14/h2*2-4,6-7,12,14,23-24,31-32,34-35H,5,8-11H2,1H3/t2*12-,23-,24?/m10/s1. The highest BCUT2D eigenvalue weighted by atomic mass is 19.3. The zero-order chi connectivity index (χ0) is 50.1. The van der Waals surface area contributed by atoms with Crippen LogP contribution in [0.3, 0.4) is 0 Å². The molecule has 6 heterocycles. The first-order chi connectivity index (χ1) is 33.2. The highest BCUT2D eigenvalue weighted by Gasteiger charge is 2.46. The smallest absolute Gasteiger partial charge is 0.283 e. The Morgan fingerprint density at radius 3 is 1.20 bits per heavy atom. The predicted octanol–water partition coefficient (Wildman–Crippen LogP) is 7.60. The molecule has 2 fully saturated rings. The number of alkyl halides is 4. The lowest BCUT2D eigenvalue weighted by Crippen LogP contribution is -2.49. The van der Waals surface area contributed by atoms with E-state index in [4.69, 9.17) is 0 Å². The Hall–Kier alpha value is -5.06. The maximum atomic E-state index is 15.6. The minimum atomic E-state index is -3.53. The van der Waals surface area contributed by atoms with E-state index >= 15 is 17.6 Å². The number of hydrogen-bond donors (Lipinski definition) is 8. The largest absolute Gasteiger partial charge is 0.390 e. The van der Waals surface area contributed by atoms with E-state index < -0.39 is 121 Å².